The molecule has 120 valence electrons. The summed E-state index contributed by atoms with van der Waals surface area (Å²) in [6.07, 6.45) is 0.631. The lowest BCUT2D eigenvalue weighted by Gasteiger charge is -2.20. The molecule has 8 heteroatoms. The molecule has 0 unspecified atom stereocenters. The van der Waals surface area contributed by atoms with Gasteiger partial charge in [-0.15, -0.1) is 0 Å². The number of carbonyl (C=O) groups excluding carboxylic acids is 2. The van der Waals surface area contributed by atoms with Gasteiger partial charge in [0.15, 0.2) is 0 Å². The van der Waals surface area contributed by atoms with Gasteiger partial charge in [-0.2, -0.15) is 0 Å². The Morgan fingerprint density at radius 3 is 2.77 bits per heavy atom. The SMILES string of the molecule is C[C@H](NC(N)=O)C(=O)N[C@@H]1CCN(c2ccc(F)cc2F)C1. The molecular weight excluding hydrogens is 294 g/mol. The predicted octanol–water partition coefficient (Wildman–Crippen LogP) is 0.717. The number of primary amides is 1. The van der Waals surface area contributed by atoms with Gasteiger partial charge in [0.1, 0.15) is 17.7 Å². The van der Waals surface area contributed by atoms with Crippen LogP contribution in [-0.2, 0) is 4.79 Å². The highest BCUT2D eigenvalue weighted by atomic mass is 19.1. The summed E-state index contributed by atoms with van der Waals surface area (Å²) in [5, 5.41) is 5.05. The number of carbonyl (C=O) groups is 2. The monoisotopic (exact) mass is 312 g/mol. The first-order chi connectivity index (χ1) is 10.4. The molecule has 3 amide bonds. The standard InChI is InChI=1S/C14H18F2N4O2/c1-8(18-14(17)22)13(21)19-10-4-5-20(7-10)12-3-2-9(15)6-11(12)16/h2-3,6,8,10H,4-5,7H2,1H3,(H,19,21)(H3,17,18,22)/t8-,10+/m0/s1. The fourth-order valence-corrected chi connectivity index (χ4v) is 2.44. The third-order valence-corrected chi connectivity index (χ3v) is 3.54. The van der Waals surface area contributed by atoms with Gasteiger partial charge in [0, 0.05) is 25.2 Å². The zero-order valence-corrected chi connectivity index (χ0v) is 12.1. The molecule has 1 saturated heterocycles. The Labute approximate surface area is 126 Å². The van der Waals surface area contributed by atoms with Crippen LogP contribution in [0, 0.1) is 11.6 Å². The normalized spacial score (nSPS) is 18.9. The second kappa shape index (κ2) is 6.59. The quantitative estimate of drug-likeness (QED) is 0.765. The van der Waals surface area contributed by atoms with E-state index in [9.17, 15) is 18.4 Å². The number of nitrogens with zero attached hydrogens (tertiary/aromatic N) is 1. The Bertz CT molecular complexity index is 582. The topological polar surface area (TPSA) is 87.5 Å². The predicted molar refractivity (Wildman–Crippen MR) is 77.3 cm³/mol. The van der Waals surface area contributed by atoms with E-state index < -0.39 is 23.7 Å². The van der Waals surface area contributed by atoms with Gasteiger partial charge in [0.05, 0.1) is 5.69 Å². The molecule has 0 bridgehead atoms. The van der Waals surface area contributed by atoms with E-state index >= 15 is 0 Å². The first-order valence-corrected chi connectivity index (χ1v) is 6.93. The van der Waals surface area contributed by atoms with Crippen LogP contribution in [0.25, 0.3) is 0 Å². The van der Waals surface area contributed by atoms with Crippen molar-refractivity contribution in [3.8, 4) is 0 Å². The molecule has 6 nitrogen and oxygen atoms in total. The van der Waals surface area contributed by atoms with Crippen LogP contribution >= 0.6 is 0 Å². The molecule has 1 aliphatic heterocycles. The van der Waals surface area contributed by atoms with Gasteiger partial charge in [-0.05, 0) is 25.5 Å². The van der Waals surface area contributed by atoms with Crippen LogP contribution in [0.1, 0.15) is 13.3 Å². The van der Waals surface area contributed by atoms with Gasteiger partial charge in [-0.25, -0.2) is 13.6 Å². The number of hydrogen-bond acceptors (Lipinski definition) is 3. The molecule has 1 heterocycles. The summed E-state index contributed by atoms with van der Waals surface area (Å²) in [6, 6.07) is 1.72. The molecule has 1 fully saturated rings. The first kappa shape index (κ1) is 16.0. The van der Waals surface area contributed by atoms with E-state index in [4.69, 9.17) is 5.73 Å². The molecule has 2 atom stereocenters. The Morgan fingerprint density at radius 2 is 2.14 bits per heavy atom. The minimum absolute atomic E-state index is 0.172. The third kappa shape index (κ3) is 3.84. The lowest BCUT2D eigenvalue weighted by molar-refractivity contribution is -0.123. The molecule has 0 aromatic heterocycles. The molecular formula is C14H18F2N4O2. The van der Waals surface area contributed by atoms with Crippen molar-refractivity contribution < 1.29 is 18.4 Å². The van der Waals surface area contributed by atoms with Gasteiger partial charge in [-0.1, -0.05) is 0 Å². The average Bonchev–Trinajstić information content (AvgIpc) is 2.86. The highest BCUT2D eigenvalue weighted by Gasteiger charge is 2.27. The van der Waals surface area contributed by atoms with Crippen molar-refractivity contribution in [1.29, 1.82) is 0 Å². The Hall–Kier alpha value is -2.38. The van der Waals surface area contributed by atoms with Crippen molar-refractivity contribution in [1.82, 2.24) is 10.6 Å². The summed E-state index contributed by atoms with van der Waals surface area (Å²) < 4.78 is 26.6. The van der Waals surface area contributed by atoms with E-state index in [0.717, 1.165) is 6.07 Å². The van der Waals surface area contributed by atoms with Gasteiger partial charge in [0.2, 0.25) is 5.91 Å². The maximum atomic E-state index is 13.7. The largest absolute Gasteiger partial charge is 0.367 e. The maximum Gasteiger partial charge on any atom is 0.312 e. The number of anilines is 1. The van der Waals surface area contributed by atoms with Gasteiger partial charge < -0.3 is 21.3 Å². The Balaban J connectivity index is 1.92. The molecule has 22 heavy (non-hydrogen) atoms. The van der Waals surface area contributed by atoms with Crippen LogP contribution < -0.4 is 21.3 Å². The molecule has 1 aromatic rings. The lowest BCUT2D eigenvalue weighted by Crippen LogP contribution is -2.50. The van der Waals surface area contributed by atoms with E-state index in [0.29, 0.717) is 25.2 Å². The summed E-state index contributed by atoms with van der Waals surface area (Å²) in [6.45, 7) is 2.48. The van der Waals surface area contributed by atoms with E-state index in [-0.39, 0.29) is 11.9 Å². The van der Waals surface area contributed by atoms with Crippen molar-refractivity contribution in [3.05, 3.63) is 29.8 Å². The fraction of sp³-hybridized carbons (Fsp3) is 0.429. The summed E-state index contributed by atoms with van der Waals surface area (Å²) >= 11 is 0. The molecule has 0 radical (unpaired) electrons. The Kier molecular flexibility index (Phi) is 4.79. The van der Waals surface area contributed by atoms with Crippen LogP contribution in [0.5, 0.6) is 0 Å². The second-order valence-electron chi connectivity index (χ2n) is 5.27. The van der Waals surface area contributed by atoms with Crippen LogP contribution in [0.2, 0.25) is 0 Å². The Morgan fingerprint density at radius 1 is 1.41 bits per heavy atom. The summed E-state index contributed by atoms with van der Waals surface area (Å²) in [7, 11) is 0. The first-order valence-electron chi connectivity index (χ1n) is 6.93. The molecule has 0 spiro atoms. The van der Waals surface area contributed by atoms with Crippen molar-refractivity contribution in [2.45, 2.75) is 25.4 Å². The number of rotatable bonds is 4. The smallest absolute Gasteiger partial charge is 0.312 e. The molecule has 2 rings (SSSR count). The minimum Gasteiger partial charge on any atom is -0.367 e. The fourth-order valence-electron chi connectivity index (χ4n) is 2.44. The van der Waals surface area contributed by atoms with Crippen LogP contribution in [0.4, 0.5) is 19.3 Å². The number of nitrogens with one attached hydrogen (secondary N) is 2. The summed E-state index contributed by atoms with van der Waals surface area (Å²) in [5.41, 5.74) is 5.26. The second-order valence-corrected chi connectivity index (χ2v) is 5.27. The number of amides is 3. The molecule has 0 aliphatic carbocycles. The lowest BCUT2D eigenvalue weighted by atomic mass is 10.2. The minimum atomic E-state index is -0.774. The average molecular weight is 312 g/mol. The number of nitrogens with two attached hydrogens (primary N) is 1. The summed E-state index contributed by atoms with van der Waals surface area (Å²) in [4.78, 5) is 24.3. The highest BCUT2D eigenvalue weighted by Crippen LogP contribution is 2.24. The number of urea groups is 1. The number of halogens is 2. The molecule has 4 N–H and O–H groups in total. The van der Waals surface area contributed by atoms with E-state index in [1.165, 1.54) is 19.1 Å². The van der Waals surface area contributed by atoms with Crippen molar-refractivity contribution in [2.75, 3.05) is 18.0 Å². The van der Waals surface area contributed by atoms with Crippen molar-refractivity contribution >= 4 is 17.6 Å². The number of hydrogen-bond donors (Lipinski definition) is 3. The van der Waals surface area contributed by atoms with E-state index in [1.54, 1.807) is 4.90 Å². The van der Waals surface area contributed by atoms with Crippen molar-refractivity contribution in [3.63, 3.8) is 0 Å². The van der Waals surface area contributed by atoms with Gasteiger partial charge in [-0.3, -0.25) is 4.79 Å². The molecule has 1 aliphatic rings. The van der Waals surface area contributed by atoms with E-state index in [2.05, 4.69) is 10.6 Å². The van der Waals surface area contributed by atoms with Crippen LogP contribution in [0.3, 0.4) is 0 Å². The van der Waals surface area contributed by atoms with E-state index in [1.807, 2.05) is 0 Å². The highest BCUT2D eigenvalue weighted by molar-refractivity contribution is 5.86. The third-order valence-electron chi connectivity index (χ3n) is 3.54. The van der Waals surface area contributed by atoms with Crippen molar-refractivity contribution in [2.24, 2.45) is 5.73 Å². The molecule has 1 aromatic carbocycles. The summed E-state index contributed by atoms with van der Waals surface area (Å²) in [5.74, 6) is -1.61. The van der Waals surface area contributed by atoms with Gasteiger partial charge in [0.25, 0.3) is 0 Å². The zero-order chi connectivity index (χ0) is 16.3. The number of benzene rings is 1. The van der Waals surface area contributed by atoms with Crippen LogP contribution in [0.15, 0.2) is 18.2 Å². The molecule has 0 saturated carbocycles. The van der Waals surface area contributed by atoms with Crippen LogP contribution in [-0.4, -0.2) is 37.1 Å². The maximum absolute atomic E-state index is 13.7. The zero-order valence-electron chi connectivity index (χ0n) is 12.1. The van der Waals surface area contributed by atoms with Gasteiger partial charge >= 0.3 is 6.03 Å².